The molecule has 0 spiro atoms. The van der Waals surface area contributed by atoms with Crippen molar-refractivity contribution in [3.63, 3.8) is 0 Å². The molecule has 0 radical (unpaired) electrons. The van der Waals surface area contributed by atoms with Crippen LogP contribution in [-0.4, -0.2) is 25.6 Å². The molecule has 18 heavy (non-hydrogen) atoms. The van der Waals surface area contributed by atoms with Crippen LogP contribution in [0.4, 0.5) is 5.82 Å². The molecule has 1 unspecified atom stereocenters. The lowest BCUT2D eigenvalue weighted by atomic mass is 10.3. The standard InChI is InChI=1S/C12H17N5O/c1-3-10-15-11(6-12(18)16-10)14-9(2)7-17-5-4-13-8-17/h4-6,8-9H,3,7H2,1-2H3,(H2,14,15,16,18). The number of H-pyrrole nitrogens is 1. The molecule has 0 saturated carbocycles. The van der Waals surface area contributed by atoms with Crippen LogP contribution in [0.3, 0.4) is 0 Å². The zero-order valence-corrected chi connectivity index (χ0v) is 10.6. The van der Waals surface area contributed by atoms with Gasteiger partial charge in [0.05, 0.1) is 6.33 Å². The van der Waals surface area contributed by atoms with Crippen molar-refractivity contribution in [1.29, 1.82) is 0 Å². The molecular formula is C12H17N5O. The smallest absolute Gasteiger partial charge is 0.252 e. The Bertz CT molecular complexity index is 546. The molecule has 0 bridgehead atoms. The van der Waals surface area contributed by atoms with E-state index in [-0.39, 0.29) is 11.6 Å². The highest BCUT2D eigenvalue weighted by Crippen LogP contribution is 2.03. The molecule has 2 rings (SSSR count). The lowest BCUT2D eigenvalue weighted by Crippen LogP contribution is -2.23. The van der Waals surface area contributed by atoms with Crippen molar-refractivity contribution in [2.75, 3.05) is 5.32 Å². The van der Waals surface area contributed by atoms with Gasteiger partial charge in [0.1, 0.15) is 11.6 Å². The fourth-order valence-corrected chi connectivity index (χ4v) is 1.76. The van der Waals surface area contributed by atoms with Gasteiger partial charge < -0.3 is 14.9 Å². The van der Waals surface area contributed by atoms with Crippen LogP contribution in [-0.2, 0) is 13.0 Å². The number of anilines is 1. The number of hydrogen-bond donors (Lipinski definition) is 2. The summed E-state index contributed by atoms with van der Waals surface area (Å²) < 4.78 is 1.98. The molecule has 2 heterocycles. The van der Waals surface area contributed by atoms with Gasteiger partial charge in [0.25, 0.3) is 5.56 Å². The molecule has 0 aliphatic carbocycles. The first-order valence-electron chi connectivity index (χ1n) is 6.00. The molecule has 1 atom stereocenters. The highest BCUT2D eigenvalue weighted by Gasteiger charge is 2.05. The van der Waals surface area contributed by atoms with Crippen LogP contribution in [0.1, 0.15) is 19.7 Å². The largest absolute Gasteiger partial charge is 0.366 e. The molecule has 96 valence electrons. The van der Waals surface area contributed by atoms with Crippen molar-refractivity contribution in [3.8, 4) is 0 Å². The minimum absolute atomic E-state index is 0.126. The average Bonchev–Trinajstić information content (AvgIpc) is 2.80. The van der Waals surface area contributed by atoms with Gasteiger partial charge in [-0.15, -0.1) is 0 Å². The van der Waals surface area contributed by atoms with E-state index in [9.17, 15) is 4.79 Å². The second kappa shape index (κ2) is 5.48. The van der Waals surface area contributed by atoms with Crippen molar-refractivity contribution in [2.24, 2.45) is 0 Å². The van der Waals surface area contributed by atoms with Gasteiger partial charge in [0.15, 0.2) is 0 Å². The summed E-state index contributed by atoms with van der Waals surface area (Å²) in [6.45, 7) is 4.77. The van der Waals surface area contributed by atoms with E-state index < -0.39 is 0 Å². The molecule has 2 N–H and O–H groups in total. The fourth-order valence-electron chi connectivity index (χ4n) is 1.76. The Hall–Kier alpha value is -2.11. The SMILES string of the molecule is CCc1nc(NC(C)Cn2ccnc2)cc(=O)[nH]1. The number of imidazole rings is 1. The van der Waals surface area contributed by atoms with E-state index in [2.05, 4.69) is 20.3 Å². The number of nitrogens with zero attached hydrogens (tertiary/aromatic N) is 3. The Labute approximate surface area is 105 Å². The van der Waals surface area contributed by atoms with E-state index in [1.165, 1.54) is 6.07 Å². The van der Waals surface area contributed by atoms with Gasteiger partial charge in [-0.25, -0.2) is 9.97 Å². The molecule has 0 aliphatic rings. The Balaban J connectivity index is 2.04. The van der Waals surface area contributed by atoms with E-state index in [1.807, 2.05) is 24.6 Å². The van der Waals surface area contributed by atoms with Crippen molar-refractivity contribution in [3.05, 3.63) is 41.0 Å². The van der Waals surface area contributed by atoms with Crippen molar-refractivity contribution < 1.29 is 0 Å². The minimum atomic E-state index is -0.126. The monoisotopic (exact) mass is 247 g/mol. The summed E-state index contributed by atoms with van der Waals surface area (Å²) in [4.78, 5) is 22.4. The van der Waals surface area contributed by atoms with Crippen molar-refractivity contribution in [2.45, 2.75) is 32.9 Å². The summed E-state index contributed by atoms with van der Waals surface area (Å²) in [6.07, 6.45) is 6.12. The topological polar surface area (TPSA) is 75.6 Å². The van der Waals surface area contributed by atoms with Gasteiger partial charge in [-0.2, -0.15) is 0 Å². The molecule has 6 nitrogen and oxygen atoms in total. The molecule has 0 saturated heterocycles. The van der Waals surface area contributed by atoms with E-state index in [1.54, 1.807) is 12.5 Å². The van der Waals surface area contributed by atoms with Gasteiger partial charge in [0.2, 0.25) is 0 Å². The lowest BCUT2D eigenvalue weighted by Gasteiger charge is -2.15. The van der Waals surface area contributed by atoms with Crippen LogP contribution < -0.4 is 10.9 Å². The predicted octanol–water partition coefficient (Wildman–Crippen LogP) is 1.03. The van der Waals surface area contributed by atoms with Crippen LogP contribution in [0.15, 0.2) is 29.6 Å². The van der Waals surface area contributed by atoms with E-state index in [0.29, 0.717) is 18.1 Å². The Morgan fingerprint density at radius 2 is 2.39 bits per heavy atom. The van der Waals surface area contributed by atoms with E-state index in [4.69, 9.17) is 0 Å². The number of hydrogen-bond acceptors (Lipinski definition) is 4. The zero-order valence-electron chi connectivity index (χ0n) is 10.6. The maximum atomic E-state index is 11.4. The molecule has 2 aromatic rings. The molecular weight excluding hydrogens is 230 g/mol. The highest BCUT2D eigenvalue weighted by atomic mass is 16.1. The second-order valence-electron chi connectivity index (χ2n) is 4.24. The molecule has 0 aromatic carbocycles. The summed E-state index contributed by atoms with van der Waals surface area (Å²) in [7, 11) is 0. The van der Waals surface area contributed by atoms with Crippen LogP contribution >= 0.6 is 0 Å². The highest BCUT2D eigenvalue weighted by molar-refractivity contribution is 5.34. The van der Waals surface area contributed by atoms with Crippen LogP contribution in [0, 0.1) is 0 Å². The number of aryl methyl sites for hydroxylation is 1. The third-order valence-corrected chi connectivity index (χ3v) is 2.56. The first-order chi connectivity index (χ1) is 8.67. The molecule has 0 fully saturated rings. The third-order valence-electron chi connectivity index (χ3n) is 2.56. The fraction of sp³-hybridized carbons (Fsp3) is 0.417. The van der Waals surface area contributed by atoms with Gasteiger partial charge in [-0.1, -0.05) is 6.92 Å². The zero-order chi connectivity index (χ0) is 13.0. The molecule has 0 amide bonds. The molecule has 0 aliphatic heterocycles. The van der Waals surface area contributed by atoms with Crippen molar-refractivity contribution in [1.82, 2.24) is 19.5 Å². The normalized spacial score (nSPS) is 12.3. The summed E-state index contributed by atoms with van der Waals surface area (Å²) in [6, 6.07) is 1.64. The minimum Gasteiger partial charge on any atom is -0.366 e. The third kappa shape index (κ3) is 3.19. The molecule has 6 heteroatoms. The summed E-state index contributed by atoms with van der Waals surface area (Å²) in [5, 5.41) is 3.22. The predicted molar refractivity (Wildman–Crippen MR) is 69.5 cm³/mol. The average molecular weight is 247 g/mol. The summed E-state index contributed by atoms with van der Waals surface area (Å²) in [5.41, 5.74) is -0.126. The summed E-state index contributed by atoms with van der Waals surface area (Å²) >= 11 is 0. The maximum Gasteiger partial charge on any atom is 0.252 e. The number of rotatable bonds is 5. The Kier molecular flexibility index (Phi) is 3.76. The van der Waals surface area contributed by atoms with Crippen molar-refractivity contribution >= 4 is 5.82 Å². The first kappa shape index (κ1) is 12.3. The second-order valence-corrected chi connectivity index (χ2v) is 4.24. The quantitative estimate of drug-likeness (QED) is 0.827. The maximum absolute atomic E-state index is 11.4. The van der Waals surface area contributed by atoms with Crippen LogP contribution in [0.2, 0.25) is 0 Å². The first-order valence-corrected chi connectivity index (χ1v) is 6.00. The summed E-state index contributed by atoms with van der Waals surface area (Å²) in [5.74, 6) is 1.31. The van der Waals surface area contributed by atoms with E-state index >= 15 is 0 Å². The Morgan fingerprint density at radius 1 is 1.56 bits per heavy atom. The molecule has 2 aromatic heterocycles. The van der Waals surface area contributed by atoms with Crippen LogP contribution in [0.25, 0.3) is 0 Å². The number of nitrogens with one attached hydrogen (secondary N) is 2. The van der Waals surface area contributed by atoms with Gasteiger partial charge in [-0.05, 0) is 6.92 Å². The van der Waals surface area contributed by atoms with Gasteiger partial charge >= 0.3 is 0 Å². The van der Waals surface area contributed by atoms with E-state index in [0.717, 1.165) is 6.54 Å². The Morgan fingerprint density at radius 3 is 3.06 bits per heavy atom. The van der Waals surface area contributed by atoms with Gasteiger partial charge in [-0.3, -0.25) is 4.79 Å². The van der Waals surface area contributed by atoms with Gasteiger partial charge in [0, 0.05) is 37.5 Å². The number of aromatic nitrogens is 4. The lowest BCUT2D eigenvalue weighted by molar-refractivity contribution is 0.616. The number of aromatic amines is 1. The van der Waals surface area contributed by atoms with Crippen LogP contribution in [0.5, 0.6) is 0 Å².